The molecular weight excluding hydrogens is 228 g/mol. The highest BCUT2D eigenvalue weighted by Crippen LogP contribution is 2.17. The van der Waals surface area contributed by atoms with Crippen LogP contribution in [-0.2, 0) is 0 Å². The fourth-order valence-electron chi connectivity index (χ4n) is 1.89. The first kappa shape index (κ1) is 14.6. The second-order valence-corrected chi connectivity index (χ2v) is 5.79. The number of aryl methyl sites for hydroxylation is 1. The third-order valence-corrected chi connectivity index (χ3v) is 3.95. The van der Waals surface area contributed by atoms with Crippen molar-refractivity contribution >= 4 is 11.8 Å². The van der Waals surface area contributed by atoms with Crippen molar-refractivity contribution in [2.45, 2.75) is 70.2 Å². The molecule has 0 bridgehead atoms. The molecule has 0 aromatic carbocycles. The Bertz CT molecular complexity index is 284. The maximum absolute atomic E-state index is 4.20. The summed E-state index contributed by atoms with van der Waals surface area (Å²) in [5, 5.41) is 1.21. The molecule has 0 saturated heterocycles. The fraction of sp³-hybridized carbons (Fsp3) is 0.786. The second-order valence-electron chi connectivity index (χ2n) is 4.66. The van der Waals surface area contributed by atoms with Crippen LogP contribution >= 0.6 is 11.8 Å². The minimum absolute atomic E-state index is 1.02. The maximum atomic E-state index is 4.20. The van der Waals surface area contributed by atoms with E-state index in [1.165, 1.54) is 62.1 Å². The van der Waals surface area contributed by atoms with Gasteiger partial charge in [-0.2, -0.15) is 0 Å². The number of rotatable bonds is 10. The van der Waals surface area contributed by atoms with Crippen molar-refractivity contribution in [3.63, 3.8) is 0 Å². The molecule has 1 aromatic rings. The van der Waals surface area contributed by atoms with Crippen LogP contribution in [0.15, 0.2) is 11.2 Å². The average molecular weight is 254 g/mol. The number of H-pyrrole nitrogens is 1. The van der Waals surface area contributed by atoms with Crippen LogP contribution in [0.1, 0.15) is 64.1 Å². The van der Waals surface area contributed by atoms with Gasteiger partial charge >= 0.3 is 0 Å². The molecule has 1 rings (SSSR count). The summed E-state index contributed by atoms with van der Waals surface area (Å²) in [5.41, 5.74) is 0. The third-order valence-electron chi connectivity index (χ3n) is 2.94. The van der Waals surface area contributed by atoms with E-state index in [1.54, 1.807) is 0 Å². The van der Waals surface area contributed by atoms with Gasteiger partial charge in [-0.05, 0) is 19.1 Å². The van der Waals surface area contributed by atoms with E-state index in [1.807, 2.05) is 24.9 Å². The Labute approximate surface area is 110 Å². The summed E-state index contributed by atoms with van der Waals surface area (Å²) in [4.78, 5) is 7.45. The van der Waals surface area contributed by atoms with Gasteiger partial charge in [0, 0.05) is 0 Å². The Kier molecular flexibility index (Phi) is 8.24. The Morgan fingerprint density at radius 3 is 2.29 bits per heavy atom. The normalized spacial score (nSPS) is 10.9. The van der Waals surface area contributed by atoms with E-state index >= 15 is 0 Å². The molecular formula is C14H26N2S. The number of hydrogen-bond donors (Lipinski definition) is 1. The molecule has 1 N–H and O–H groups in total. The number of nitrogens with one attached hydrogen (secondary N) is 1. The molecule has 0 saturated carbocycles. The van der Waals surface area contributed by atoms with Gasteiger partial charge in [0.1, 0.15) is 5.82 Å². The van der Waals surface area contributed by atoms with Crippen molar-refractivity contribution in [3.05, 3.63) is 12.0 Å². The lowest BCUT2D eigenvalue weighted by molar-refractivity contribution is 0.586. The number of imidazole rings is 1. The maximum Gasteiger partial charge on any atom is 0.103 e. The van der Waals surface area contributed by atoms with Gasteiger partial charge in [-0.25, -0.2) is 4.98 Å². The lowest BCUT2D eigenvalue weighted by Gasteiger charge is -2.01. The largest absolute Gasteiger partial charge is 0.337 e. The van der Waals surface area contributed by atoms with Crippen molar-refractivity contribution in [3.8, 4) is 0 Å². The van der Waals surface area contributed by atoms with Crippen LogP contribution in [0.3, 0.4) is 0 Å². The van der Waals surface area contributed by atoms with E-state index < -0.39 is 0 Å². The van der Waals surface area contributed by atoms with Crippen LogP contribution in [0.4, 0.5) is 0 Å². The first-order chi connectivity index (χ1) is 8.33. The average Bonchev–Trinajstić information content (AvgIpc) is 2.73. The van der Waals surface area contributed by atoms with Gasteiger partial charge in [0.05, 0.1) is 11.2 Å². The molecule has 0 unspecified atom stereocenters. The lowest BCUT2D eigenvalue weighted by atomic mass is 10.1. The van der Waals surface area contributed by atoms with Crippen LogP contribution in [0, 0.1) is 6.92 Å². The van der Waals surface area contributed by atoms with Gasteiger partial charge in [-0.1, -0.05) is 51.9 Å². The predicted octanol–water partition coefficient (Wildman–Crippen LogP) is 4.95. The molecule has 1 aromatic heterocycles. The monoisotopic (exact) mass is 254 g/mol. The second kappa shape index (κ2) is 9.58. The Morgan fingerprint density at radius 2 is 1.71 bits per heavy atom. The van der Waals surface area contributed by atoms with Gasteiger partial charge in [0.25, 0.3) is 0 Å². The third kappa shape index (κ3) is 7.48. The highest BCUT2D eigenvalue weighted by molar-refractivity contribution is 7.99. The molecule has 0 fully saturated rings. The molecule has 0 aliphatic heterocycles. The van der Waals surface area contributed by atoms with E-state index in [0.29, 0.717) is 0 Å². The minimum Gasteiger partial charge on any atom is -0.337 e. The minimum atomic E-state index is 1.02. The first-order valence-electron chi connectivity index (χ1n) is 6.97. The molecule has 17 heavy (non-hydrogen) atoms. The molecule has 0 radical (unpaired) electrons. The Morgan fingerprint density at radius 1 is 1.06 bits per heavy atom. The van der Waals surface area contributed by atoms with Crippen LogP contribution in [0.5, 0.6) is 0 Å². The quantitative estimate of drug-likeness (QED) is 0.472. The summed E-state index contributed by atoms with van der Waals surface area (Å²) in [7, 11) is 0. The summed E-state index contributed by atoms with van der Waals surface area (Å²) in [6.07, 6.45) is 13.1. The summed E-state index contributed by atoms with van der Waals surface area (Å²) in [6, 6.07) is 0. The number of aromatic nitrogens is 2. The number of unbranched alkanes of at least 4 members (excludes halogenated alkanes) is 7. The summed E-state index contributed by atoms with van der Waals surface area (Å²) >= 11 is 1.90. The van der Waals surface area contributed by atoms with Gasteiger partial charge in [-0.3, -0.25) is 0 Å². The summed E-state index contributed by atoms with van der Waals surface area (Å²) in [5.74, 6) is 2.24. The summed E-state index contributed by atoms with van der Waals surface area (Å²) in [6.45, 7) is 4.27. The lowest BCUT2D eigenvalue weighted by Crippen LogP contribution is -1.83. The van der Waals surface area contributed by atoms with Crippen molar-refractivity contribution in [1.82, 2.24) is 9.97 Å². The fourth-order valence-corrected chi connectivity index (χ4v) is 2.81. The van der Waals surface area contributed by atoms with Crippen LogP contribution in [0.2, 0.25) is 0 Å². The number of thioether (sulfide) groups is 1. The molecule has 98 valence electrons. The van der Waals surface area contributed by atoms with Gasteiger partial charge in [0.15, 0.2) is 0 Å². The van der Waals surface area contributed by atoms with Gasteiger partial charge in [-0.15, -0.1) is 11.8 Å². The van der Waals surface area contributed by atoms with Crippen molar-refractivity contribution < 1.29 is 0 Å². The van der Waals surface area contributed by atoms with E-state index in [2.05, 4.69) is 16.9 Å². The molecule has 0 aliphatic carbocycles. The van der Waals surface area contributed by atoms with Crippen molar-refractivity contribution in [2.75, 3.05) is 5.75 Å². The zero-order valence-electron chi connectivity index (χ0n) is 11.3. The molecule has 2 nitrogen and oxygen atoms in total. The van der Waals surface area contributed by atoms with Crippen LogP contribution in [0.25, 0.3) is 0 Å². The molecule has 0 spiro atoms. The Balaban J connectivity index is 1.84. The van der Waals surface area contributed by atoms with E-state index in [9.17, 15) is 0 Å². The zero-order chi connectivity index (χ0) is 12.3. The highest BCUT2D eigenvalue weighted by Gasteiger charge is 1.97. The van der Waals surface area contributed by atoms with Gasteiger partial charge < -0.3 is 4.98 Å². The summed E-state index contributed by atoms with van der Waals surface area (Å²) < 4.78 is 0. The highest BCUT2D eigenvalue weighted by atomic mass is 32.2. The number of aromatic amines is 1. The van der Waals surface area contributed by atoms with Gasteiger partial charge in [0.2, 0.25) is 0 Å². The van der Waals surface area contributed by atoms with Crippen LogP contribution < -0.4 is 0 Å². The van der Waals surface area contributed by atoms with E-state index in [0.717, 1.165) is 5.82 Å². The predicted molar refractivity (Wildman–Crippen MR) is 76.7 cm³/mol. The SMILES string of the molecule is CCCCCCCCCCSc1cnc(C)[nH]1. The zero-order valence-corrected chi connectivity index (χ0v) is 12.1. The topological polar surface area (TPSA) is 28.7 Å². The smallest absolute Gasteiger partial charge is 0.103 e. The van der Waals surface area contributed by atoms with E-state index in [4.69, 9.17) is 0 Å². The first-order valence-corrected chi connectivity index (χ1v) is 7.96. The Hall–Kier alpha value is -0.440. The van der Waals surface area contributed by atoms with Crippen LogP contribution in [-0.4, -0.2) is 15.7 Å². The standard InChI is InChI=1S/C14H26N2S/c1-3-4-5-6-7-8-9-10-11-17-14-12-15-13(2)16-14/h12H,3-11H2,1-2H3,(H,15,16). The van der Waals surface area contributed by atoms with E-state index in [-0.39, 0.29) is 0 Å². The number of hydrogen-bond acceptors (Lipinski definition) is 2. The molecule has 1 heterocycles. The molecule has 0 atom stereocenters. The molecule has 0 aliphatic rings. The molecule has 3 heteroatoms. The van der Waals surface area contributed by atoms with Crippen molar-refractivity contribution in [1.29, 1.82) is 0 Å². The number of nitrogens with zero attached hydrogens (tertiary/aromatic N) is 1. The molecule has 0 amide bonds. The van der Waals surface area contributed by atoms with Crippen molar-refractivity contribution in [2.24, 2.45) is 0 Å².